The van der Waals surface area contributed by atoms with Crippen LogP contribution in [0.2, 0.25) is 10.0 Å². The zero-order valence-corrected chi connectivity index (χ0v) is 10.5. The summed E-state index contributed by atoms with van der Waals surface area (Å²) in [6, 6.07) is 5.09. The Kier molecular flexibility index (Phi) is 3.66. The Hall–Kier alpha value is -1.10. The maximum absolute atomic E-state index is 9.20. The Bertz CT molecular complexity index is 526. The Morgan fingerprint density at radius 1 is 1.35 bits per heavy atom. The average Bonchev–Trinajstić information content (AvgIpc) is 2.69. The third-order valence-electron chi connectivity index (χ3n) is 2.12. The van der Waals surface area contributed by atoms with Crippen LogP contribution in [-0.4, -0.2) is 21.4 Å². The maximum atomic E-state index is 9.20. The van der Waals surface area contributed by atoms with Crippen molar-refractivity contribution >= 4 is 23.2 Å². The first-order chi connectivity index (χ1) is 8.06. The van der Waals surface area contributed by atoms with Crippen molar-refractivity contribution in [3.05, 3.63) is 34.1 Å². The van der Waals surface area contributed by atoms with E-state index in [2.05, 4.69) is 10.1 Å². The summed E-state index contributed by atoms with van der Waals surface area (Å²) in [5.41, 5.74) is 0.722. The summed E-state index contributed by atoms with van der Waals surface area (Å²) in [6.07, 6.45) is -0.189. The minimum absolute atomic E-state index is 0.328. The van der Waals surface area contributed by atoms with Crippen LogP contribution in [0.15, 0.2) is 22.7 Å². The standard InChI is InChI=1S/C11H10Cl2N2O2/c1-6(16)4-10-14-11(15-17-10)7-2-3-8(12)9(13)5-7/h2-3,5-6,16H,4H2,1H3. The van der Waals surface area contributed by atoms with Crippen LogP contribution in [0.3, 0.4) is 0 Å². The van der Waals surface area contributed by atoms with E-state index in [9.17, 15) is 5.11 Å². The van der Waals surface area contributed by atoms with Gasteiger partial charge in [-0.2, -0.15) is 4.98 Å². The van der Waals surface area contributed by atoms with Crippen LogP contribution >= 0.6 is 23.2 Å². The van der Waals surface area contributed by atoms with Crippen LogP contribution in [0.25, 0.3) is 11.4 Å². The Morgan fingerprint density at radius 3 is 2.76 bits per heavy atom. The van der Waals surface area contributed by atoms with Gasteiger partial charge >= 0.3 is 0 Å². The molecule has 1 aromatic heterocycles. The van der Waals surface area contributed by atoms with Crippen LogP contribution in [0.5, 0.6) is 0 Å². The summed E-state index contributed by atoms with van der Waals surface area (Å²) in [6.45, 7) is 1.66. The van der Waals surface area contributed by atoms with E-state index in [1.165, 1.54) is 0 Å². The molecule has 0 aliphatic carbocycles. The van der Waals surface area contributed by atoms with Gasteiger partial charge in [0.05, 0.1) is 22.6 Å². The van der Waals surface area contributed by atoms with E-state index in [-0.39, 0.29) is 0 Å². The van der Waals surface area contributed by atoms with Crippen molar-refractivity contribution in [2.45, 2.75) is 19.4 Å². The predicted molar refractivity (Wildman–Crippen MR) is 65.1 cm³/mol. The number of benzene rings is 1. The predicted octanol–water partition coefficient (Wildman–Crippen LogP) is 2.97. The van der Waals surface area contributed by atoms with E-state index >= 15 is 0 Å². The van der Waals surface area contributed by atoms with Crippen LogP contribution < -0.4 is 0 Å². The number of nitrogens with zero attached hydrogens (tertiary/aromatic N) is 2. The summed E-state index contributed by atoms with van der Waals surface area (Å²) < 4.78 is 5.00. The third kappa shape index (κ3) is 2.97. The fourth-order valence-corrected chi connectivity index (χ4v) is 1.64. The highest BCUT2D eigenvalue weighted by atomic mass is 35.5. The Labute approximate surface area is 108 Å². The van der Waals surface area contributed by atoms with Crippen molar-refractivity contribution < 1.29 is 9.63 Å². The molecule has 0 spiro atoms. The van der Waals surface area contributed by atoms with Crippen molar-refractivity contribution in [2.24, 2.45) is 0 Å². The molecule has 2 rings (SSSR count). The van der Waals surface area contributed by atoms with E-state index in [4.69, 9.17) is 27.7 Å². The number of hydrogen-bond acceptors (Lipinski definition) is 4. The van der Waals surface area contributed by atoms with Crippen molar-refractivity contribution in [2.75, 3.05) is 0 Å². The molecule has 1 aromatic carbocycles. The molecule has 0 amide bonds. The number of rotatable bonds is 3. The monoisotopic (exact) mass is 272 g/mol. The lowest BCUT2D eigenvalue weighted by molar-refractivity contribution is 0.181. The van der Waals surface area contributed by atoms with E-state index < -0.39 is 6.10 Å². The maximum Gasteiger partial charge on any atom is 0.229 e. The molecule has 17 heavy (non-hydrogen) atoms. The molecule has 0 saturated heterocycles. The molecule has 1 atom stereocenters. The molecule has 0 fully saturated rings. The second kappa shape index (κ2) is 5.04. The smallest absolute Gasteiger partial charge is 0.229 e. The Morgan fingerprint density at radius 2 is 2.12 bits per heavy atom. The van der Waals surface area contributed by atoms with Crippen LogP contribution in [-0.2, 0) is 6.42 Å². The van der Waals surface area contributed by atoms with E-state index in [1.54, 1.807) is 25.1 Å². The normalized spacial score (nSPS) is 12.7. The summed E-state index contributed by atoms with van der Waals surface area (Å²) in [7, 11) is 0. The number of aromatic nitrogens is 2. The molecular formula is C11H10Cl2N2O2. The number of halogens is 2. The van der Waals surface area contributed by atoms with Crippen molar-refractivity contribution in [1.29, 1.82) is 0 Å². The highest BCUT2D eigenvalue weighted by Crippen LogP contribution is 2.27. The number of aliphatic hydroxyl groups excluding tert-OH is 1. The third-order valence-corrected chi connectivity index (χ3v) is 2.85. The summed E-state index contributed by atoms with van der Waals surface area (Å²) >= 11 is 11.7. The largest absolute Gasteiger partial charge is 0.393 e. The van der Waals surface area contributed by atoms with Crippen molar-refractivity contribution in [3.8, 4) is 11.4 Å². The van der Waals surface area contributed by atoms with Gasteiger partial charge in [-0.25, -0.2) is 0 Å². The molecule has 2 aromatic rings. The first-order valence-electron chi connectivity index (χ1n) is 5.02. The molecule has 0 radical (unpaired) electrons. The first kappa shape index (κ1) is 12.4. The summed E-state index contributed by atoms with van der Waals surface area (Å²) in [4.78, 5) is 4.15. The molecule has 1 N–H and O–H groups in total. The Balaban J connectivity index is 2.27. The van der Waals surface area contributed by atoms with Gasteiger partial charge in [-0.05, 0) is 25.1 Å². The zero-order chi connectivity index (χ0) is 12.4. The van der Waals surface area contributed by atoms with Crippen molar-refractivity contribution in [1.82, 2.24) is 10.1 Å². The zero-order valence-electron chi connectivity index (χ0n) is 9.02. The van der Waals surface area contributed by atoms with Gasteiger partial charge in [0.1, 0.15) is 0 Å². The van der Waals surface area contributed by atoms with Gasteiger partial charge in [0, 0.05) is 5.56 Å². The highest BCUT2D eigenvalue weighted by Gasteiger charge is 2.11. The lowest BCUT2D eigenvalue weighted by atomic mass is 10.2. The highest BCUT2D eigenvalue weighted by molar-refractivity contribution is 6.42. The van der Waals surface area contributed by atoms with Gasteiger partial charge in [-0.1, -0.05) is 28.4 Å². The molecule has 1 unspecified atom stereocenters. The van der Waals surface area contributed by atoms with Gasteiger partial charge in [0.15, 0.2) is 0 Å². The van der Waals surface area contributed by atoms with Crippen LogP contribution in [0, 0.1) is 0 Å². The van der Waals surface area contributed by atoms with Gasteiger partial charge in [-0.3, -0.25) is 0 Å². The quantitative estimate of drug-likeness (QED) is 0.933. The molecule has 6 heteroatoms. The molecule has 1 heterocycles. The van der Waals surface area contributed by atoms with Crippen LogP contribution in [0.1, 0.15) is 12.8 Å². The molecule has 4 nitrogen and oxygen atoms in total. The topological polar surface area (TPSA) is 59.2 Å². The van der Waals surface area contributed by atoms with Gasteiger partial charge < -0.3 is 9.63 Å². The van der Waals surface area contributed by atoms with Gasteiger partial charge in [0.2, 0.25) is 11.7 Å². The average molecular weight is 273 g/mol. The molecule has 0 aliphatic rings. The molecule has 0 saturated carbocycles. The molecule has 0 bridgehead atoms. The van der Waals surface area contributed by atoms with Gasteiger partial charge in [0.25, 0.3) is 0 Å². The van der Waals surface area contributed by atoms with E-state index in [0.717, 1.165) is 5.56 Å². The van der Waals surface area contributed by atoms with Crippen molar-refractivity contribution in [3.63, 3.8) is 0 Å². The SMILES string of the molecule is CC(O)Cc1nc(-c2ccc(Cl)c(Cl)c2)no1. The van der Waals surface area contributed by atoms with E-state index in [0.29, 0.717) is 28.2 Å². The minimum atomic E-state index is -0.517. The lowest BCUT2D eigenvalue weighted by Gasteiger charge is -1.98. The number of aliphatic hydroxyl groups is 1. The second-order valence-corrected chi connectivity index (χ2v) is 4.51. The van der Waals surface area contributed by atoms with E-state index in [1.807, 2.05) is 0 Å². The lowest BCUT2D eigenvalue weighted by Crippen LogP contribution is -2.04. The fraction of sp³-hybridized carbons (Fsp3) is 0.273. The molecule has 90 valence electrons. The van der Waals surface area contributed by atoms with Gasteiger partial charge in [-0.15, -0.1) is 0 Å². The summed E-state index contributed by atoms with van der Waals surface area (Å²) in [5.74, 6) is 0.820. The fourth-order valence-electron chi connectivity index (χ4n) is 1.34. The minimum Gasteiger partial charge on any atom is -0.393 e. The summed E-state index contributed by atoms with van der Waals surface area (Å²) in [5, 5.41) is 13.9. The molecular weight excluding hydrogens is 263 g/mol. The second-order valence-electron chi connectivity index (χ2n) is 3.69. The molecule has 0 aliphatic heterocycles. The number of hydrogen-bond donors (Lipinski definition) is 1. The van der Waals surface area contributed by atoms with Crippen LogP contribution in [0.4, 0.5) is 0 Å². The first-order valence-corrected chi connectivity index (χ1v) is 5.78.